The zero-order valence-electron chi connectivity index (χ0n) is 10.6. The third-order valence-electron chi connectivity index (χ3n) is 3.48. The van der Waals surface area contributed by atoms with Crippen LogP contribution in [0.3, 0.4) is 0 Å². The van der Waals surface area contributed by atoms with Gasteiger partial charge in [0, 0.05) is 6.04 Å². The Bertz CT molecular complexity index is 549. The van der Waals surface area contributed by atoms with Gasteiger partial charge in [-0.05, 0) is 25.0 Å². The van der Waals surface area contributed by atoms with E-state index >= 15 is 0 Å². The second-order valence-corrected chi connectivity index (χ2v) is 4.85. The van der Waals surface area contributed by atoms with Crippen molar-refractivity contribution in [2.45, 2.75) is 38.3 Å². The molecule has 0 amide bonds. The van der Waals surface area contributed by atoms with E-state index in [9.17, 15) is 4.39 Å². The molecule has 19 heavy (non-hydrogen) atoms. The minimum Gasteiger partial charge on any atom is -0.338 e. The third-order valence-corrected chi connectivity index (χ3v) is 3.48. The van der Waals surface area contributed by atoms with Crippen LogP contribution in [0.4, 0.5) is 4.39 Å². The Kier molecular flexibility index (Phi) is 3.55. The Morgan fingerprint density at radius 3 is 2.84 bits per heavy atom. The Hall–Kier alpha value is -1.75. The fourth-order valence-corrected chi connectivity index (χ4v) is 2.44. The summed E-state index contributed by atoms with van der Waals surface area (Å²) in [5, 5.41) is 7.21. The molecule has 3 rings (SSSR count). The first-order valence-corrected chi connectivity index (χ1v) is 6.64. The fraction of sp³-hybridized carbons (Fsp3) is 0.429. The van der Waals surface area contributed by atoms with Gasteiger partial charge in [0.15, 0.2) is 0 Å². The summed E-state index contributed by atoms with van der Waals surface area (Å²) >= 11 is 0. The summed E-state index contributed by atoms with van der Waals surface area (Å²) in [5.41, 5.74) is 0.373. The van der Waals surface area contributed by atoms with Crippen LogP contribution in [-0.2, 0) is 6.54 Å². The molecule has 100 valence electrons. The standard InChI is InChI=1S/C14H16FN3O/c15-12-8-4-3-7-11(12)14-17-13(19-18-14)9-16-10-5-1-2-6-10/h3-4,7-8,10,16H,1-2,5-6,9H2. The molecular formula is C14H16FN3O. The normalized spacial score (nSPS) is 16.1. The summed E-state index contributed by atoms with van der Waals surface area (Å²) in [5.74, 6) is 0.477. The van der Waals surface area contributed by atoms with E-state index in [-0.39, 0.29) is 5.82 Å². The van der Waals surface area contributed by atoms with Crippen LogP contribution < -0.4 is 5.32 Å². The first-order chi connectivity index (χ1) is 9.33. The van der Waals surface area contributed by atoms with E-state index in [1.807, 2.05) is 0 Å². The number of rotatable bonds is 4. The van der Waals surface area contributed by atoms with Gasteiger partial charge in [-0.3, -0.25) is 0 Å². The van der Waals surface area contributed by atoms with Crippen molar-refractivity contribution in [2.75, 3.05) is 0 Å². The smallest absolute Gasteiger partial charge is 0.240 e. The van der Waals surface area contributed by atoms with Gasteiger partial charge in [-0.15, -0.1) is 0 Å². The van der Waals surface area contributed by atoms with Gasteiger partial charge in [-0.2, -0.15) is 4.98 Å². The first-order valence-electron chi connectivity index (χ1n) is 6.64. The van der Waals surface area contributed by atoms with E-state index in [1.54, 1.807) is 18.2 Å². The number of aromatic nitrogens is 2. The molecular weight excluding hydrogens is 245 g/mol. The summed E-state index contributed by atoms with van der Waals surface area (Å²) in [4.78, 5) is 4.22. The highest BCUT2D eigenvalue weighted by Gasteiger charge is 2.16. The van der Waals surface area contributed by atoms with E-state index in [1.165, 1.54) is 31.7 Å². The van der Waals surface area contributed by atoms with Crippen LogP contribution in [0.1, 0.15) is 31.6 Å². The molecule has 0 aliphatic heterocycles. The zero-order chi connectivity index (χ0) is 13.1. The second kappa shape index (κ2) is 5.48. The van der Waals surface area contributed by atoms with Crippen LogP contribution in [0, 0.1) is 5.82 Å². The van der Waals surface area contributed by atoms with Crippen LogP contribution in [0.2, 0.25) is 0 Å². The molecule has 1 heterocycles. The van der Waals surface area contributed by atoms with Crippen LogP contribution in [-0.4, -0.2) is 16.2 Å². The molecule has 5 heteroatoms. The molecule has 0 bridgehead atoms. The van der Waals surface area contributed by atoms with Crippen molar-refractivity contribution in [2.24, 2.45) is 0 Å². The van der Waals surface area contributed by atoms with Gasteiger partial charge in [0.25, 0.3) is 0 Å². The quantitative estimate of drug-likeness (QED) is 0.919. The van der Waals surface area contributed by atoms with Crippen molar-refractivity contribution in [1.82, 2.24) is 15.5 Å². The van der Waals surface area contributed by atoms with Crippen molar-refractivity contribution in [1.29, 1.82) is 0 Å². The van der Waals surface area contributed by atoms with Gasteiger partial charge in [0.2, 0.25) is 11.7 Å². The molecule has 1 aliphatic carbocycles. The highest BCUT2D eigenvalue weighted by Crippen LogP contribution is 2.20. The maximum absolute atomic E-state index is 13.6. The molecule has 4 nitrogen and oxygen atoms in total. The van der Waals surface area contributed by atoms with Crippen molar-refractivity contribution < 1.29 is 8.91 Å². The predicted molar refractivity (Wildman–Crippen MR) is 68.8 cm³/mol. The highest BCUT2D eigenvalue weighted by atomic mass is 19.1. The zero-order valence-corrected chi connectivity index (χ0v) is 10.6. The van der Waals surface area contributed by atoms with Gasteiger partial charge < -0.3 is 9.84 Å². The summed E-state index contributed by atoms with van der Waals surface area (Å²) in [7, 11) is 0. The Balaban J connectivity index is 1.67. The van der Waals surface area contributed by atoms with Crippen LogP contribution >= 0.6 is 0 Å². The topological polar surface area (TPSA) is 51.0 Å². The van der Waals surface area contributed by atoms with E-state index in [0.29, 0.717) is 29.9 Å². The number of benzene rings is 1. The van der Waals surface area contributed by atoms with Gasteiger partial charge in [-0.1, -0.05) is 30.1 Å². The molecule has 1 aromatic heterocycles. The largest absolute Gasteiger partial charge is 0.338 e. The molecule has 0 saturated heterocycles. The van der Waals surface area contributed by atoms with E-state index < -0.39 is 0 Å². The summed E-state index contributed by atoms with van der Waals surface area (Å²) in [6.07, 6.45) is 4.96. The Morgan fingerprint density at radius 2 is 2.05 bits per heavy atom. The van der Waals surface area contributed by atoms with Gasteiger partial charge >= 0.3 is 0 Å². The SMILES string of the molecule is Fc1ccccc1-c1noc(CNC2CCCC2)n1. The van der Waals surface area contributed by atoms with E-state index in [2.05, 4.69) is 15.5 Å². The Labute approximate surface area is 111 Å². The highest BCUT2D eigenvalue weighted by molar-refractivity contribution is 5.54. The monoisotopic (exact) mass is 261 g/mol. The number of hydrogen-bond donors (Lipinski definition) is 1. The molecule has 1 fully saturated rings. The minimum absolute atomic E-state index is 0.307. The number of nitrogens with one attached hydrogen (secondary N) is 1. The maximum atomic E-state index is 13.6. The number of nitrogens with zero attached hydrogens (tertiary/aromatic N) is 2. The van der Waals surface area contributed by atoms with E-state index in [4.69, 9.17) is 4.52 Å². The molecule has 1 aliphatic rings. The molecule has 2 aromatic rings. The maximum Gasteiger partial charge on any atom is 0.240 e. The van der Waals surface area contributed by atoms with Crippen LogP contribution in [0.5, 0.6) is 0 Å². The Morgan fingerprint density at radius 1 is 1.26 bits per heavy atom. The van der Waals surface area contributed by atoms with Crippen molar-refractivity contribution >= 4 is 0 Å². The lowest BCUT2D eigenvalue weighted by molar-refractivity contribution is 0.357. The fourth-order valence-electron chi connectivity index (χ4n) is 2.44. The molecule has 0 radical (unpaired) electrons. The van der Waals surface area contributed by atoms with Crippen molar-refractivity contribution in [3.63, 3.8) is 0 Å². The summed E-state index contributed by atoms with van der Waals surface area (Å²) < 4.78 is 18.7. The third kappa shape index (κ3) is 2.81. The van der Waals surface area contributed by atoms with Crippen LogP contribution in [0.15, 0.2) is 28.8 Å². The molecule has 1 saturated carbocycles. The average molecular weight is 261 g/mol. The number of hydrogen-bond acceptors (Lipinski definition) is 4. The summed E-state index contributed by atoms with van der Waals surface area (Å²) in [6, 6.07) is 6.98. The van der Waals surface area contributed by atoms with Gasteiger partial charge in [0.05, 0.1) is 12.1 Å². The average Bonchev–Trinajstić information content (AvgIpc) is 3.08. The lowest BCUT2D eigenvalue weighted by atomic mass is 10.2. The molecule has 1 aromatic carbocycles. The lowest BCUT2D eigenvalue weighted by Gasteiger charge is -2.08. The van der Waals surface area contributed by atoms with Gasteiger partial charge in [-0.25, -0.2) is 4.39 Å². The minimum atomic E-state index is -0.335. The molecule has 0 atom stereocenters. The van der Waals surface area contributed by atoms with Gasteiger partial charge in [0.1, 0.15) is 5.82 Å². The molecule has 1 N–H and O–H groups in total. The predicted octanol–water partition coefficient (Wildman–Crippen LogP) is 2.91. The summed E-state index contributed by atoms with van der Waals surface area (Å²) in [6.45, 7) is 0.548. The first kappa shape index (κ1) is 12.3. The van der Waals surface area contributed by atoms with Crippen molar-refractivity contribution in [3.05, 3.63) is 36.0 Å². The molecule has 0 spiro atoms. The van der Waals surface area contributed by atoms with Crippen LogP contribution in [0.25, 0.3) is 11.4 Å². The lowest BCUT2D eigenvalue weighted by Crippen LogP contribution is -2.25. The second-order valence-electron chi connectivity index (χ2n) is 4.85. The van der Waals surface area contributed by atoms with Crippen molar-refractivity contribution in [3.8, 4) is 11.4 Å². The number of halogens is 1. The van der Waals surface area contributed by atoms with E-state index in [0.717, 1.165) is 0 Å². The molecule has 0 unspecified atom stereocenters.